The van der Waals surface area contributed by atoms with E-state index >= 15 is 0 Å². The van der Waals surface area contributed by atoms with Crippen molar-refractivity contribution < 1.29 is 19.8 Å². The second-order valence-electron chi connectivity index (χ2n) is 6.24. The van der Waals surface area contributed by atoms with Gasteiger partial charge in [0.25, 0.3) is 0 Å². The van der Waals surface area contributed by atoms with E-state index in [2.05, 4.69) is 16.0 Å². The molecular weight excluding hydrogens is 350 g/mol. The van der Waals surface area contributed by atoms with E-state index in [4.69, 9.17) is 21.7 Å². The van der Waals surface area contributed by atoms with Gasteiger partial charge in [-0.2, -0.15) is 0 Å². The Morgan fingerprint density at radius 1 is 0.556 bits per heavy atom. The monoisotopic (exact) mass is 391 g/mol. The molecule has 0 aromatic carbocycles. The first-order chi connectivity index (χ1) is 13.0. The van der Waals surface area contributed by atoms with Crippen LogP contribution in [0.4, 0.5) is 0 Å². The highest BCUT2D eigenvalue weighted by atomic mass is 16.4. The van der Waals surface area contributed by atoms with E-state index in [0.717, 1.165) is 77.8 Å². The third kappa shape index (κ3) is 32.8. The lowest BCUT2D eigenvalue weighted by Gasteiger charge is -2.06. The minimum Gasteiger partial charge on any atom is -0.481 e. The van der Waals surface area contributed by atoms with E-state index in [0.29, 0.717) is 13.1 Å². The first-order valence-corrected chi connectivity index (χ1v) is 10.0. The third-order valence-corrected chi connectivity index (χ3v) is 3.63. The number of nitrogens with one attached hydrogen (secondary N) is 3. The lowest BCUT2D eigenvalue weighted by molar-refractivity contribution is -0.138. The molecular formula is C18H41N5O4. The van der Waals surface area contributed by atoms with Crippen molar-refractivity contribution in [2.75, 3.05) is 52.4 Å². The number of carbonyl (C=O) groups is 2. The van der Waals surface area contributed by atoms with Crippen molar-refractivity contribution in [1.29, 1.82) is 0 Å². The fourth-order valence-electron chi connectivity index (χ4n) is 2.19. The zero-order valence-corrected chi connectivity index (χ0v) is 16.7. The summed E-state index contributed by atoms with van der Waals surface area (Å²) in [6.45, 7) is 7.15. The van der Waals surface area contributed by atoms with E-state index in [-0.39, 0.29) is 12.8 Å². The van der Waals surface area contributed by atoms with Crippen LogP contribution in [0, 0.1) is 0 Å². The molecule has 0 saturated heterocycles. The van der Waals surface area contributed by atoms with Gasteiger partial charge in [0.1, 0.15) is 0 Å². The Labute approximate surface area is 163 Å². The molecule has 0 unspecified atom stereocenters. The van der Waals surface area contributed by atoms with Crippen LogP contribution in [-0.2, 0) is 9.59 Å². The maximum Gasteiger partial charge on any atom is 0.303 e. The summed E-state index contributed by atoms with van der Waals surface area (Å²) in [6.07, 6.45) is 5.82. The Morgan fingerprint density at radius 2 is 0.852 bits per heavy atom. The van der Waals surface area contributed by atoms with Crippen molar-refractivity contribution in [1.82, 2.24) is 16.0 Å². The quantitative estimate of drug-likeness (QED) is 0.150. The van der Waals surface area contributed by atoms with Gasteiger partial charge in [-0.3, -0.25) is 9.59 Å². The lowest BCUT2D eigenvalue weighted by atomic mass is 10.1. The summed E-state index contributed by atoms with van der Waals surface area (Å²) in [6, 6.07) is 0. The molecule has 0 aromatic rings. The molecule has 0 saturated carbocycles. The Balaban J connectivity index is 0. The predicted molar refractivity (Wildman–Crippen MR) is 109 cm³/mol. The standard InChI is InChI=1S/C10H18O4.C8H23N5/c11-9(12)7-5-3-1-2-4-6-8-10(13)14;9-1-3-11-5-7-13-8-6-12-4-2-10/h1-8H2,(H,11,12)(H,13,14);11-13H,1-10H2. The van der Waals surface area contributed by atoms with Crippen LogP contribution in [0.1, 0.15) is 51.4 Å². The highest BCUT2D eigenvalue weighted by molar-refractivity contribution is 5.66. The molecule has 162 valence electrons. The molecule has 0 rings (SSSR count). The van der Waals surface area contributed by atoms with Gasteiger partial charge in [0, 0.05) is 65.2 Å². The van der Waals surface area contributed by atoms with Crippen molar-refractivity contribution in [2.24, 2.45) is 11.5 Å². The summed E-state index contributed by atoms with van der Waals surface area (Å²) < 4.78 is 0. The second kappa shape index (κ2) is 24.7. The van der Waals surface area contributed by atoms with Crippen LogP contribution < -0.4 is 27.4 Å². The summed E-state index contributed by atoms with van der Waals surface area (Å²) in [5, 5.41) is 26.4. The van der Waals surface area contributed by atoms with Gasteiger partial charge in [0.2, 0.25) is 0 Å². The van der Waals surface area contributed by atoms with Crippen LogP contribution in [0.25, 0.3) is 0 Å². The normalized spacial score (nSPS) is 10.3. The summed E-state index contributed by atoms with van der Waals surface area (Å²) in [5.74, 6) is -1.48. The van der Waals surface area contributed by atoms with Gasteiger partial charge in [-0.05, 0) is 12.8 Å². The van der Waals surface area contributed by atoms with Crippen molar-refractivity contribution in [2.45, 2.75) is 51.4 Å². The number of unbranched alkanes of at least 4 members (excludes halogenated alkanes) is 5. The minimum atomic E-state index is -0.740. The van der Waals surface area contributed by atoms with Gasteiger partial charge in [-0.15, -0.1) is 0 Å². The van der Waals surface area contributed by atoms with Crippen molar-refractivity contribution in [3.63, 3.8) is 0 Å². The zero-order chi connectivity index (χ0) is 20.6. The Morgan fingerprint density at radius 3 is 1.15 bits per heavy atom. The van der Waals surface area contributed by atoms with E-state index in [1.807, 2.05) is 0 Å². The predicted octanol–water partition coefficient (Wildman–Crippen LogP) is -0.0510. The van der Waals surface area contributed by atoms with Crippen molar-refractivity contribution in [3.05, 3.63) is 0 Å². The molecule has 0 amide bonds. The van der Waals surface area contributed by atoms with E-state index in [1.165, 1.54) is 0 Å². The molecule has 9 heteroatoms. The highest BCUT2D eigenvalue weighted by Crippen LogP contribution is 2.08. The topological polar surface area (TPSA) is 163 Å². The minimum absolute atomic E-state index is 0.245. The number of rotatable bonds is 19. The molecule has 0 radical (unpaired) electrons. The van der Waals surface area contributed by atoms with Gasteiger partial charge in [0.05, 0.1) is 0 Å². The van der Waals surface area contributed by atoms with E-state index in [1.54, 1.807) is 0 Å². The third-order valence-electron chi connectivity index (χ3n) is 3.63. The molecule has 0 aromatic heterocycles. The molecule has 0 fully saturated rings. The summed E-state index contributed by atoms with van der Waals surface area (Å²) in [5.41, 5.74) is 10.6. The molecule has 0 spiro atoms. The molecule has 0 heterocycles. The van der Waals surface area contributed by atoms with E-state index in [9.17, 15) is 9.59 Å². The van der Waals surface area contributed by atoms with Crippen LogP contribution >= 0.6 is 0 Å². The van der Waals surface area contributed by atoms with Crippen LogP contribution in [0.5, 0.6) is 0 Å². The fraction of sp³-hybridized carbons (Fsp3) is 0.889. The zero-order valence-electron chi connectivity index (χ0n) is 16.7. The van der Waals surface area contributed by atoms with Gasteiger partial charge in [0.15, 0.2) is 0 Å². The number of hydrogen-bond donors (Lipinski definition) is 7. The largest absolute Gasteiger partial charge is 0.481 e. The maximum atomic E-state index is 10.1. The van der Waals surface area contributed by atoms with Crippen molar-refractivity contribution in [3.8, 4) is 0 Å². The first kappa shape index (κ1) is 28.0. The van der Waals surface area contributed by atoms with Gasteiger partial charge >= 0.3 is 11.9 Å². The van der Waals surface area contributed by atoms with Gasteiger partial charge < -0.3 is 37.6 Å². The van der Waals surface area contributed by atoms with Crippen LogP contribution in [-0.4, -0.2) is 74.5 Å². The molecule has 0 aliphatic heterocycles. The molecule has 0 aliphatic carbocycles. The number of aliphatic carboxylic acids is 2. The Bertz CT molecular complexity index is 303. The average molecular weight is 392 g/mol. The van der Waals surface area contributed by atoms with Gasteiger partial charge in [-0.25, -0.2) is 0 Å². The molecule has 0 atom stereocenters. The smallest absolute Gasteiger partial charge is 0.303 e. The summed E-state index contributed by atoms with van der Waals surface area (Å²) >= 11 is 0. The summed E-state index contributed by atoms with van der Waals surface area (Å²) in [4.78, 5) is 20.3. The highest BCUT2D eigenvalue weighted by Gasteiger charge is 1.98. The average Bonchev–Trinajstić information content (AvgIpc) is 2.62. The Hall–Kier alpha value is -1.26. The molecule has 27 heavy (non-hydrogen) atoms. The molecule has 0 aliphatic rings. The number of nitrogens with two attached hydrogens (primary N) is 2. The molecule has 9 N–H and O–H groups in total. The number of hydrogen-bond acceptors (Lipinski definition) is 7. The summed E-state index contributed by atoms with van der Waals surface area (Å²) in [7, 11) is 0. The number of carboxylic acids is 2. The first-order valence-electron chi connectivity index (χ1n) is 10.0. The SMILES string of the molecule is NCCNCCNCCNCCN.O=C(O)CCCCCCCCC(=O)O. The maximum absolute atomic E-state index is 10.1. The van der Waals surface area contributed by atoms with Crippen LogP contribution in [0.3, 0.4) is 0 Å². The fourth-order valence-corrected chi connectivity index (χ4v) is 2.19. The molecule has 0 bridgehead atoms. The second-order valence-corrected chi connectivity index (χ2v) is 6.24. The van der Waals surface area contributed by atoms with Crippen molar-refractivity contribution >= 4 is 11.9 Å². The molecule has 9 nitrogen and oxygen atoms in total. The lowest BCUT2D eigenvalue weighted by Crippen LogP contribution is -2.35. The van der Waals surface area contributed by atoms with Crippen LogP contribution in [0.2, 0.25) is 0 Å². The van der Waals surface area contributed by atoms with Gasteiger partial charge in [-0.1, -0.05) is 25.7 Å². The Kier molecular flexibility index (Phi) is 25.6. The number of carboxylic acid groups (broad SMARTS) is 2. The van der Waals surface area contributed by atoms with E-state index < -0.39 is 11.9 Å². The van der Waals surface area contributed by atoms with Crippen LogP contribution in [0.15, 0.2) is 0 Å².